The zero-order valence-electron chi connectivity index (χ0n) is 17.4. The molecule has 6 nitrogen and oxygen atoms in total. The van der Waals surface area contributed by atoms with Crippen molar-refractivity contribution in [3.8, 4) is 0 Å². The molecular formula is C22H30N4O2. The molecule has 1 amide bonds. The maximum atomic E-state index is 12.9. The molecule has 0 aliphatic heterocycles. The van der Waals surface area contributed by atoms with Crippen LogP contribution < -0.4 is 11.0 Å². The van der Waals surface area contributed by atoms with E-state index in [9.17, 15) is 9.59 Å². The van der Waals surface area contributed by atoms with Gasteiger partial charge in [-0.1, -0.05) is 39.0 Å². The molecular weight excluding hydrogens is 352 g/mol. The monoisotopic (exact) mass is 382 g/mol. The van der Waals surface area contributed by atoms with Gasteiger partial charge in [-0.2, -0.15) is 10.2 Å². The van der Waals surface area contributed by atoms with Crippen molar-refractivity contribution >= 4 is 22.4 Å². The Bertz CT molecular complexity index is 959. The largest absolute Gasteiger partial charge is 0.292 e. The molecule has 1 aliphatic rings. The Morgan fingerprint density at radius 3 is 2.50 bits per heavy atom. The topological polar surface area (TPSA) is 76.3 Å². The number of amides is 1. The number of rotatable bonds is 4. The van der Waals surface area contributed by atoms with Crippen molar-refractivity contribution in [3.05, 3.63) is 40.3 Å². The predicted molar refractivity (Wildman–Crippen MR) is 113 cm³/mol. The minimum absolute atomic E-state index is 0.139. The summed E-state index contributed by atoms with van der Waals surface area (Å²) in [5.41, 5.74) is 3.83. The lowest BCUT2D eigenvalue weighted by atomic mass is 9.76. The van der Waals surface area contributed by atoms with Crippen molar-refractivity contribution in [2.24, 2.45) is 22.9 Å². The van der Waals surface area contributed by atoms with Gasteiger partial charge in [0.1, 0.15) is 0 Å². The number of nitrogens with zero attached hydrogens (tertiary/aromatic N) is 3. The van der Waals surface area contributed by atoms with Gasteiger partial charge < -0.3 is 0 Å². The summed E-state index contributed by atoms with van der Waals surface area (Å²) < 4.78 is 1.37. The van der Waals surface area contributed by atoms with Crippen LogP contribution in [0.4, 0.5) is 0 Å². The number of carbonyl (C=O) groups is 1. The second-order valence-corrected chi connectivity index (χ2v) is 8.52. The van der Waals surface area contributed by atoms with Gasteiger partial charge in [0.05, 0.1) is 11.4 Å². The quantitative estimate of drug-likeness (QED) is 0.807. The predicted octanol–water partition coefficient (Wildman–Crippen LogP) is 4.16. The third kappa shape index (κ3) is 4.01. The van der Waals surface area contributed by atoms with E-state index in [1.54, 1.807) is 18.2 Å². The maximum absolute atomic E-state index is 12.9. The van der Waals surface area contributed by atoms with E-state index in [-0.39, 0.29) is 23.2 Å². The van der Waals surface area contributed by atoms with Crippen LogP contribution in [0.5, 0.6) is 0 Å². The number of carbonyl (C=O) groups excluding carboxylic acids is 1. The summed E-state index contributed by atoms with van der Waals surface area (Å²) in [5.74, 6) is 1.09. The van der Waals surface area contributed by atoms with Crippen LogP contribution in [0.15, 0.2) is 34.2 Å². The molecule has 6 heteroatoms. The summed E-state index contributed by atoms with van der Waals surface area (Å²) in [7, 11) is 0. The van der Waals surface area contributed by atoms with Crippen molar-refractivity contribution in [2.45, 2.75) is 59.9 Å². The molecule has 1 N–H and O–H groups in total. The van der Waals surface area contributed by atoms with Crippen molar-refractivity contribution < 1.29 is 4.79 Å². The van der Waals surface area contributed by atoms with E-state index in [2.05, 4.69) is 36.4 Å². The van der Waals surface area contributed by atoms with E-state index < -0.39 is 0 Å². The highest BCUT2D eigenvalue weighted by molar-refractivity contribution is 6.05. The molecule has 0 bridgehead atoms. The summed E-state index contributed by atoms with van der Waals surface area (Å²) in [5, 5.41) is 9.91. The highest BCUT2D eigenvalue weighted by atomic mass is 16.2. The molecule has 150 valence electrons. The molecule has 1 aromatic heterocycles. The second-order valence-electron chi connectivity index (χ2n) is 8.52. The number of hydrazone groups is 1. The third-order valence-electron chi connectivity index (χ3n) is 5.59. The van der Waals surface area contributed by atoms with Gasteiger partial charge in [-0.05, 0) is 51.0 Å². The lowest BCUT2D eigenvalue weighted by molar-refractivity contribution is 0.0948. The van der Waals surface area contributed by atoms with Crippen LogP contribution >= 0.6 is 0 Å². The number of aromatic nitrogens is 2. The number of hydrogen-bond donors (Lipinski definition) is 1. The molecule has 1 aliphatic carbocycles. The number of hydrogen-bond acceptors (Lipinski definition) is 4. The summed E-state index contributed by atoms with van der Waals surface area (Å²) in [6, 6.07) is 6.96. The first-order valence-corrected chi connectivity index (χ1v) is 10.2. The molecule has 1 fully saturated rings. The van der Waals surface area contributed by atoms with Crippen LogP contribution in [-0.4, -0.2) is 21.4 Å². The van der Waals surface area contributed by atoms with Gasteiger partial charge >= 0.3 is 0 Å². The van der Waals surface area contributed by atoms with Crippen molar-refractivity contribution in [1.82, 2.24) is 15.2 Å². The van der Waals surface area contributed by atoms with Crippen LogP contribution in [0.3, 0.4) is 0 Å². The summed E-state index contributed by atoms with van der Waals surface area (Å²) >= 11 is 0. The first-order valence-electron chi connectivity index (χ1n) is 10.2. The fourth-order valence-corrected chi connectivity index (χ4v) is 3.99. The maximum Gasteiger partial charge on any atom is 0.292 e. The molecule has 1 heterocycles. The minimum Gasteiger partial charge on any atom is -0.267 e. The second kappa shape index (κ2) is 8.25. The van der Waals surface area contributed by atoms with E-state index in [4.69, 9.17) is 0 Å². The average molecular weight is 383 g/mol. The van der Waals surface area contributed by atoms with Crippen LogP contribution in [0.25, 0.3) is 10.8 Å². The Kier molecular flexibility index (Phi) is 5.96. The van der Waals surface area contributed by atoms with Crippen molar-refractivity contribution in [2.75, 3.05) is 0 Å². The Morgan fingerprint density at radius 1 is 1.18 bits per heavy atom. The molecule has 1 saturated carbocycles. The SMILES string of the molecule is CC(C)[C@H]1CC[C@@H](C)C/C1=N/NC(=O)c1nn(C(C)C)c(=O)c2ccccc12. The van der Waals surface area contributed by atoms with Gasteiger partial charge in [-0.25, -0.2) is 10.1 Å². The van der Waals surface area contributed by atoms with Gasteiger partial charge in [0.2, 0.25) is 0 Å². The molecule has 0 spiro atoms. The zero-order valence-corrected chi connectivity index (χ0v) is 17.4. The van der Waals surface area contributed by atoms with Crippen molar-refractivity contribution in [1.29, 1.82) is 0 Å². The smallest absolute Gasteiger partial charge is 0.267 e. The molecule has 1 aromatic carbocycles. The molecule has 2 atom stereocenters. The van der Waals surface area contributed by atoms with Crippen LogP contribution in [0.1, 0.15) is 70.4 Å². The summed E-state index contributed by atoms with van der Waals surface area (Å²) in [6.07, 6.45) is 3.21. The number of benzene rings is 1. The summed E-state index contributed by atoms with van der Waals surface area (Å²) in [6.45, 7) is 10.4. The van der Waals surface area contributed by atoms with Gasteiger partial charge in [0.25, 0.3) is 11.5 Å². The fraction of sp³-hybridized carbons (Fsp3) is 0.545. The first kappa shape index (κ1) is 20.2. The Hall–Kier alpha value is -2.50. The Morgan fingerprint density at radius 2 is 1.86 bits per heavy atom. The molecule has 0 saturated heterocycles. The molecule has 0 radical (unpaired) electrons. The van der Waals surface area contributed by atoms with Gasteiger partial charge in [-0.3, -0.25) is 9.59 Å². The lowest BCUT2D eigenvalue weighted by Crippen LogP contribution is -2.33. The standard InChI is InChI=1S/C22H30N4O2/c1-13(2)16-11-10-15(5)12-19(16)23-24-21(27)20-17-8-6-7-9-18(17)22(28)26(25-20)14(3)4/h6-9,13-16H,10-12H2,1-5H3,(H,24,27)/b23-19-/t15-,16-/m1/s1. The van der Waals surface area contributed by atoms with Gasteiger partial charge in [-0.15, -0.1) is 0 Å². The minimum atomic E-state index is -0.376. The van der Waals surface area contributed by atoms with Crippen LogP contribution in [0, 0.1) is 17.8 Å². The third-order valence-corrected chi connectivity index (χ3v) is 5.59. The normalized spacial score (nSPS) is 21.6. The lowest BCUT2D eigenvalue weighted by Gasteiger charge is -2.30. The van der Waals surface area contributed by atoms with Crippen LogP contribution in [-0.2, 0) is 0 Å². The first-order chi connectivity index (χ1) is 13.3. The summed E-state index contributed by atoms with van der Waals surface area (Å²) in [4.78, 5) is 25.6. The van der Waals surface area contributed by atoms with Gasteiger partial charge in [0.15, 0.2) is 5.69 Å². The van der Waals surface area contributed by atoms with E-state index in [1.165, 1.54) is 11.1 Å². The Balaban J connectivity index is 1.97. The Labute approximate surface area is 166 Å². The van der Waals surface area contributed by atoms with E-state index in [0.29, 0.717) is 28.5 Å². The highest BCUT2D eigenvalue weighted by Crippen LogP contribution is 2.31. The molecule has 0 unspecified atom stereocenters. The van der Waals surface area contributed by atoms with E-state index >= 15 is 0 Å². The van der Waals surface area contributed by atoms with E-state index in [0.717, 1.165) is 18.6 Å². The highest BCUT2D eigenvalue weighted by Gasteiger charge is 2.27. The van der Waals surface area contributed by atoms with Crippen LogP contribution in [0.2, 0.25) is 0 Å². The van der Waals surface area contributed by atoms with Gasteiger partial charge in [0, 0.05) is 17.0 Å². The molecule has 28 heavy (non-hydrogen) atoms. The fourth-order valence-electron chi connectivity index (χ4n) is 3.99. The zero-order chi connectivity index (χ0) is 20.4. The molecule has 3 rings (SSSR count). The van der Waals surface area contributed by atoms with E-state index in [1.807, 2.05) is 19.9 Å². The number of fused-ring (bicyclic) bond motifs is 1. The number of nitrogens with one attached hydrogen (secondary N) is 1. The van der Waals surface area contributed by atoms with Crippen molar-refractivity contribution in [3.63, 3.8) is 0 Å². The molecule has 2 aromatic rings. The average Bonchev–Trinajstić information content (AvgIpc) is 2.66.